The zero-order chi connectivity index (χ0) is 14.4. The first kappa shape index (κ1) is 14.1. The van der Waals surface area contributed by atoms with Crippen molar-refractivity contribution in [2.24, 2.45) is 5.92 Å². The second-order valence-electron chi connectivity index (χ2n) is 4.94. The van der Waals surface area contributed by atoms with E-state index in [0.29, 0.717) is 25.1 Å². The van der Waals surface area contributed by atoms with Crippen LogP contribution in [0.2, 0.25) is 0 Å². The number of terminal acetylenes is 1. The first-order chi connectivity index (χ1) is 9.69. The zero-order valence-corrected chi connectivity index (χ0v) is 11.3. The lowest BCUT2D eigenvalue weighted by atomic mass is 10.2. The van der Waals surface area contributed by atoms with Gasteiger partial charge in [-0.1, -0.05) is 12.0 Å². The molecule has 4 nitrogen and oxygen atoms in total. The molecule has 1 fully saturated rings. The molecular weight excluding hydrogens is 252 g/mol. The quantitative estimate of drug-likeness (QED) is 0.613. The van der Waals surface area contributed by atoms with E-state index in [-0.39, 0.29) is 17.7 Å². The van der Waals surface area contributed by atoms with E-state index < -0.39 is 0 Å². The summed E-state index contributed by atoms with van der Waals surface area (Å²) in [5.74, 6) is 2.79. The molecule has 2 amide bonds. The number of benzene rings is 1. The molecule has 1 aromatic rings. The number of hydrogen-bond donors (Lipinski definition) is 2. The molecule has 0 spiro atoms. The molecule has 1 aliphatic rings. The van der Waals surface area contributed by atoms with Gasteiger partial charge in [0.05, 0.1) is 0 Å². The molecule has 0 bridgehead atoms. The monoisotopic (exact) mass is 270 g/mol. The minimum Gasteiger partial charge on any atom is -0.356 e. The van der Waals surface area contributed by atoms with Gasteiger partial charge in [0, 0.05) is 30.1 Å². The third kappa shape index (κ3) is 4.43. The van der Waals surface area contributed by atoms with Crippen molar-refractivity contribution in [3.8, 4) is 12.3 Å². The van der Waals surface area contributed by atoms with Crippen LogP contribution < -0.4 is 10.6 Å². The Hall–Kier alpha value is -2.28. The van der Waals surface area contributed by atoms with Gasteiger partial charge < -0.3 is 10.6 Å². The van der Waals surface area contributed by atoms with Crippen LogP contribution >= 0.6 is 0 Å². The van der Waals surface area contributed by atoms with Gasteiger partial charge in [0.15, 0.2) is 0 Å². The topological polar surface area (TPSA) is 58.2 Å². The highest BCUT2D eigenvalue weighted by Gasteiger charge is 2.28. The van der Waals surface area contributed by atoms with Gasteiger partial charge in [0.1, 0.15) is 0 Å². The van der Waals surface area contributed by atoms with Gasteiger partial charge in [0.2, 0.25) is 11.8 Å². The lowest BCUT2D eigenvalue weighted by molar-refractivity contribution is -0.122. The van der Waals surface area contributed by atoms with Crippen molar-refractivity contribution in [3.63, 3.8) is 0 Å². The van der Waals surface area contributed by atoms with Crippen molar-refractivity contribution in [1.29, 1.82) is 0 Å². The van der Waals surface area contributed by atoms with E-state index in [2.05, 4.69) is 16.6 Å². The van der Waals surface area contributed by atoms with Crippen molar-refractivity contribution < 1.29 is 9.59 Å². The van der Waals surface area contributed by atoms with Gasteiger partial charge in [-0.05, 0) is 37.5 Å². The second-order valence-corrected chi connectivity index (χ2v) is 4.94. The summed E-state index contributed by atoms with van der Waals surface area (Å²) in [7, 11) is 0. The molecule has 20 heavy (non-hydrogen) atoms. The minimum absolute atomic E-state index is 0.0696. The third-order valence-electron chi connectivity index (χ3n) is 3.14. The maximum atomic E-state index is 11.7. The van der Waals surface area contributed by atoms with Gasteiger partial charge in [-0.15, -0.1) is 6.42 Å². The Bertz CT molecular complexity index is 542. The number of nitrogens with one attached hydrogen (secondary N) is 2. The van der Waals surface area contributed by atoms with Crippen LogP contribution in [0.1, 0.15) is 31.2 Å². The van der Waals surface area contributed by atoms with Crippen LogP contribution in [0.15, 0.2) is 24.3 Å². The summed E-state index contributed by atoms with van der Waals surface area (Å²) in [4.78, 5) is 23.1. The summed E-state index contributed by atoms with van der Waals surface area (Å²) in [6, 6.07) is 7.17. The van der Waals surface area contributed by atoms with Crippen LogP contribution in [0, 0.1) is 18.3 Å². The Labute approximate surface area is 118 Å². The molecule has 1 saturated carbocycles. The van der Waals surface area contributed by atoms with Crippen LogP contribution in [-0.4, -0.2) is 18.4 Å². The van der Waals surface area contributed by atoms with E-state index in [1.54, 1.807) is 18.2 Å². The fraction of sp³-hybridized carbons (Fsp3) is 0.375. The third-order valence-corrected chi connectivity index (χ3v) is 3.14. The highest BCUT2D eigenvalue weighted by molar-refractivity contribution is 5.90. The van der Waals surface area contributed by atoms with Crippen LogP contribution in [0.25, 0.3) is 0 Å². The van der Waals surface area contributed by atoms with Crippen LogP contribution in [0.5, 0.6) is 0 Å². The predicted molar refractivity (Wildman–Crippen MR) is 78.0 cm³/mol. The second kappa shape index (κ2) is 6.76. The van der Waals surface area contributed by atoms with Crippen molar-refractivity contribution >= 4 is 17.5 Å². The van der Waals surface area contributed by atoms with Crippen molar-refractivity contribution in [1.82, 2.24) is 5.32 Å². The van der Waals surface area contributed by atoms with E-state index in [9.17, 15) is 9.59 Å². The van der Waals surface area contributed by atoms with Gasteiger partial charge in [-0.2, -0.15) is 0 Å². The molecule has 0 aromatic heterocycles. The molecule has 1 aromatic carbocycles. The molecule has 2 rings (SSSR count). The molecule has 0 saturated heterocycles. The number of amides is 2. The number of carbonyl (C=O) groups excluding carboxylic acids is 2. The Morgan fingerprint density at radius 3 is 2.85 bits per heavy atom. The molecule has 4 heteroatoms. The first-order valence-electron chi connectivity index (χ1n) is 6.83. The maximum absolute atomic E-state index is 11.7. The largest absolute Gasteiger partial charge is 0.356 e. The summed E-state index contributed by atoms with van der Waals surface area (Å²) in [5.41, 5.74) is 1.44. The van der Waals surface area contributed by atoms with Crippen LogP contribution in [-0.2, 0) is 9.59 Å². The average Bonchev–Trinajstić information content (AvgIpc) is 3.28. The number of carbonyl (C=O) groups is 2. The summed E-state index contributed by atoms with van der Waals surface area (Å²) in [6.45, 7) is 0.549. The van der Waals surface area contributed by atoms with Crippen molar-refractivity contribution in [2.75, 3.05) is 11.9 Å². The highest BCUT2D eigenvalue weighted by atomic mass is 16.2. The molecular formula is C16H18N2O2. The Morgan fingerprint density at radius 2 is 2.15 bits per heavy atom. The predicted octanol–water partition coefficient (Wildman–Crippen LogP) is 1.91. The van der Waals surface area contributed by atoms with Gasteiger partial charge in [0.25, 0.3) is 0 Å². The molecule has 0 unspecified atom stereocenters. The van der Waals surface area contributed by atoms with E-state index >= 15 is 0 Å². The van der Waals surface area contributed by atoms with Gasteiger partial charge in [-0.3, -0.25) is 9.59 Å². The van der Waals surface area contributed by atoms with Crippen molar-refractivity contribution in [2.45, 2.75) is 25.7 Å². The van der Waals surface area contributed by atoms with E-state index in [4.69, 9.17) is 6.42 Å². The Morgan fingerprint density at radius 1 is 1.35 bits per heavy atom. The van der Waals surface area contributed by atoms with Crippen LogP contribution in [0.3, 0.4) is 0 Å². The Balaban J connectivity index is 1.66. The lowest BCUT2D eigenvalue weighted by Gasteiger charge is -2.06. The number of anilines is 1. The summed E-state index contributed by atoms with van der Waals surface area (Å²) < 4.78 is 0. The van der Waals surface area contributed by atoms with Crippen LogP contribution in [0.4, 0.5) is 5.69 Å². The summed E-state index contributed by atoms with van der Waals surface area (Å²) in [5, 5.41) is 5.63. The van der Waals surface area contributed by atoms with E-state index in [1.165, 1.54) is 0 Å². The molecule has 0 heterocycles. The Kier molecular flexibility index (Phi) is 4.78. The van der Waals surface area contributed by atoms with E-state index in [1.807, 2.05) is 6.07 Å². The fourth-order valence-electron chi connectivity index (χ4n) is 1.86. The number of rotatable bonds is 6. The SMILES string of the molecule is C#Cc1cccc(NC(=O)CCCNC(=O)C2CC2)c1. The van der Waals surface area contributed by atoms with Gasteiger partial charge >= 0.3 is 0 Å². The maximum Gasteiger partial charge on any atom is 0.224 e. The van der Waals surface area contributed by atoms with Gasteiger partial charge in [-0.25, -0.2) is 0 Å². The molecule has 104 valence electrons. The molecule has 1 aliphatic carbocycles. The average molecular weight is 270 g/mol. The summed E-state index contributed by atoms with van der Waals surface area (Å²) in [6.07, 6.45) is 8.32. The fourth-order valence-corrected chi connectivity index (χ4v) is 1.86. The normalized spacial score (nSPS) is 13.3. The molecule has 0 radical (unpaired) electrons. The molecule has 0 atom stereocenters. The molecule has 0 aliphatic heterocycles. The van der Waals surface area contributed by atoms with E-state index in [0.717, 1.165) is 18.4 Å². The standard InChI is InChI=1S/C16H18N2O2/c1-2-12-5-3-6-14(11-12)18-15(19)7-4-10-17-16(20)13-8-9-13/h1,3,5-6,11,13H,4,7-10H2,(H,17,20)(H,18,19). The molecule has 2 N–H and O–H groups in total. The number of hydrogen-bond acceptors (Lipinski definition) is 2. The zero-order valence-electron chi connectivity index (χ0n) is 11.3. The minimum atomic E-state index is -0.0696. The first-order valence-corrected chi connectivity index (χ1v) is 6.83. The lowest BCUT2D eigenvalue weighted by Crippen LogP contribution is -2.26. The highest BCUT2D eigenvalue weighted by Crippen LogP contribution is 2.28. The summed E-state index contributed by atoms with van der Waals surface area (Å²) >= 11 is 0. The van der Waals surface area contributed by atoms with Crippen molar-refractivity contribution in [3.05, 3.63) is 29.8 Å². The smallest absolute Gasteiger partial charge is 0.224 e.